The standard InChI is InChI=1S/C15H21F2NO2/c1-3-8-15(10-18,14(19)20-4-2)9-11-6-5-7-12(16)13(11)17/h5-7H,3-4,8-10,18H2,1-2H3. The van der Waals surface area contributed by atoms with Crippen molar-refractivity contribution in [3.05, 3.63) is 35.4 Å². The fraction of sp³-hybridized carbons (Fsp3) is 0.533. The highest BCUT2D eigenvalue weighted by molar-refractivity contribution is 5.77. The van der Waals surface area contributed by atoms with Crippen LogP contribution in [0.3, 0.4) is 0 Å². The van der Waals surface area contributed by atoms with Crippen molar-refractivity contribution in [1.29, 1.82) is 0 Å². The number of hydrogen-bond acceptors (Lipinski definition) is 3. The van der Waals surface area contributed by atoms with E-state index in [1.54, 1.807) is 6.92 Å². The van der Waals surface area contributed by atoms with E-state index in [1.165, 1.54) is 12.1 Å². The van der Waals surface area contributed by atoms with Crippen molar-refractivity contribution in [2.45, 2.75) is 33.1 Å². The summed E-state index contributed by atoms with van der Waals surface area (Å²) in [5, 5.41) is 0. The molecule has 0 aromatic heterocycles. The third-order valence-corrected chi connectivity index (χ3v) is 3.39. The van der Waals surface area contributed by atoms with Crippen molar-refractivity contribution < 1.29 is 18.3 Å². The van der Waals surface area contributed by atoms with E-state index in [0.717, 1.165) is 6.07 Å². The van der Waals surface area contributed by atoms with Gasteiger partial charge in [0.1, 0.15) is 0 Å². The molecule has 0 aliphatic carbocycles. The van der Waals surface area contributed by atoms with Crippen LogP contribution in [-0.2, 0) is 16.0 Å². The van der Waals surface area contributed by atoms with Gasteiger partial charge in [-0.25, -0.2) is 8.78 Å². The van der Waals surface area contributed by atoms with Crippen molar-refractivity contribution in [3.63, 3.8) is 0 Å². The average Bonchev–Trinajstić information content (AvgIpc) is 2.43. The lowest BCUT2D eigenvalue weighted by molar-refractivity contribution is -0.155. The number of halogens is 2. The summed E-state index contributed by atoms with van der Waals surface area (Å²) in [4.78, 5) is 12.2. The van der Waals surface area contributed by atoms with Gasteiger partial charge in [0.2, 0.25) is 0 Å². The maximum atomic E-state index is 13.8. The second kappa shape index (κ2) is 7.33. The van der Waals surface area contributed by atoms with E-state index >= 15 is 0 Å². The second-order valence-electron chi connectivity index (χ2n) is 4.84. The number of ether oxygens (including phenoxy) is 1. The lowest BCUT2D eigenvalue weighted by Gasteiger charge is -2.30. The summed E-state index contributed by atoms with van der Waals surface area (Å²) in [5.74, 6) is -2.30. The molecule has 0 amide bonds. The zero-order chi connectivity index (χ0) is 15.2. The van der Waals surface area contributed by atoms with Crippen LogP contribution in [0.25, 0.3) is 0 Å². The minimum absolute atomic E-state index is 0.0373. The van der Waals surface area contributed by atoms with Gasteiger partial charge in [-0.2, -0.15) is 0 Å². The molecule has 1 atom stereocenters. The maximum absolute atomic E-state index is 13.8. The van der Waals surface area contributed by atoms with E-state index in [4.69, 9.17) is 10.5 Å². The molecule has 1 rings (SSSR count). The molecule has 0 spiro atoms. The van der Waals surface area contributed by atoms with E-state index in [9.17, 15) is 13.6 Å². The summed E-state index contributed by atoms with van der Waals surface area (Å²) in [6.45, 7) is 3.88. The first-order valence-corrected chi connectivity index (χ1v) is 6.81. The van der Waals surface area contributed by atoms with E-state index in [1.807, 2.05) is 6.92 Å². The predicted molar refractivity (Wildman–Crippen MR) is 73.1 cm³/mol. The highest BCUT2D eigenvalue weighted by Gasteiger charge is 2.38. The number of benzene rings is 1. The fourth-order valence-corrected chi connectivity index (χ4v) is 2.33. The van der Waals surface area contributed by atoms with Gasteiger partial charge in [0, 0.05) is 6.54 Å². The molecule has 0 heterocycles. The normalized spacial score (nSPS) is 13.8. The molecule has 0 radical (unpaired) electrons. The lowest BCUT2D eigenvalue weighted by atomic mass is 9.77. The molecule has 1 aromatic carbocycles. The third kappa shape index (κ3) is 3.54. The Morgan fingerprint density at radius 1 is 1.35 bits per heavy atom. The maximum Gasteiger partial charge on any atom is 0.313 e. The molecular formula is C15H21F2NO2. The SMILES string of the molecule is CCCC(CN)(Cc1cccc(F)c1F)C(=O)OCC. The van der Waals surface area contributed by atoms with Gasteiger partial charge in [0.05, 0.1) is 12.0 Å². The van der Waals surface area contributed by atoms with Gasteiger partial charge in [-0.1, -0.05) is 25.5 Å². The zero-order valence-corrected chi connectivity index (χ0v) is 11.9. The Balaban J connectivity index is 3.11. The Bertz CT molecular complexity index is 465. The first-order valence-electron chi connectivity index (χ1n) is 6.81. The van der Waals surface area contributed by atoms with Gasteiger partial charge in [-0.05, 0) is 31.4 Å². The van der Waals surface area contributed by atoms with E-state index in [0.29, 0.717) is 12.8 Å². The third-order valence-electron chi connectivity index (χ3n) is 3.39. The van der Waals surface area contributed by atoms with E-state index in [-0.39, 0.29) is 25.1 Å². The van der Waals surface area contributed by atoms with Crippen LogP contribution in [0.2, 0.25) is 0 Å². The van der Waals surface area contributed by atoms with Gasteiger partial charge in [-0.15, -0.1) is 0 Å². The number of hydrogen-bond donors (Lipinski definition) is 1. The number of carbonyl (C=O) groups excluding carboxylic acids is 1. The molecule has 2 N–H and O–H groups in total. The lowest BCUT2D eigenvalue weighted by Crippen LogP contribution is -2.42. The van der Waals surface area contributed by atoms with E-state index < -0.39 is 23.0 Å². The summed E-state index contributed by atoms with van der Waals surface area (Å²) in [6, 6.07) is 3.94. The summed E-state index contributed by atoms with van der Waals surface area (Å²) < 4.78 is 32.1. The van der Waals surface area contributed by atoms with Crippen molar-refractivity contribution in [3.8, 4) is 0 Å². The van der Waals surface area contributed by atoms with Crippen molar-refractivity contribution >= 4 is 5.97 Å². The molecule has 0 aliphatic rings. The molecule has 0 fully saturated rings. The van der Waals surface area contributed by atoms with Gasteiger partial charge in [-0.3, -0.25) is 4.79 Å². The Morgan fingerprint density at radius 2 is 2.05 bits per heavy atom. The predicted octanol–water partition coefficient (Wildman–Crippen LogP) is 2.82. The number of esters is 1. The molecule has 0 bridgehead atoms. The summed E-state index contributed by atoms with van der Waals surface area (Å²) in [6.07, 6.45) is 1.21. The summed E-state index contributed by atoms with van der Waals surface area (Å²) in [5.41, 5.74) is 4.89. The Morgan fingerprint density at radius 3 is 2.60 bits per heavy atom. The minimum atomic E-state index is -1.00. The largest absolute Gasteiger partial charge is 0.466 e. The molecule has 1 unspecified atom stereocenters. The molecule has 0 saturated heterocycles. The molecular weight excluding hydrogens is 264 g/mol. The quantitative estimate of drug-likeness (QED) is 0.784. The van der Waals surface area contributed by atoms with Gasteiger partial charge in [0.15, 0.2) is 11.6 Å². The van der Waals surface area contributed by atoms with Crippen LogP contribution < -0.4 is 5.73 Å². The van der Waals surface area contributed by atoms with Crippen LogP contribution in [-0.4, -0.2) is 19.1 Å². The molecule has 5 heteroatoms. The highest BCUT2D eigenvalue weighted by atomic mass is 19.2. The van der Waals surface area contributed by atoms with Crippen LogP contribution in [0, 0.1) is 17.0 Å². The summed E-state index contributed by atoms with van der Waals surface area (Å²) in [7, 11) is 0. The van der Waals surface area contributed by atoms with Crippen molar-refractivity contribution in [2.75, 3.05) is 13.2 Å². The first kappa shape index (κ1) is 16.6. The zero-order valence-electron chi connectivity index (χ0n) is 11.9. The molecule has 1 aromatic rings. The van der Waals surface area contributed by atoms with E-state index in [2.05, 4.69) is 0 Å². The Labute approximate surface area is 118 Å². The first-order chi connectivity index (χ1) is 9.50. The number of carbonyl (C=O) groups is 1. The monoisotopic (exact) mass is 285 g/mol. The van der Waals surface area contributed by atoms with Crippen molar-refractivity contribution in [2.24, 2.45) is 11.1 Å². The van der Waals surface area contributed by atoms with Gasteiger partial charge >= 0.3 is 5.97 Å². The Hall–Kier alpha value is -1.49. The molecule has 20 heavy (non-hydrogen) atoms. The van der Waals surface area contributed by atoms with Crippen LogP contribution in [0.5, 0.6) is 0 Å². The van der Waals surface area contributed by atoms with Crippen LogP contribution in [0.1, 0.15) is 32.3 Å². The molecule has 3 nitrogen and oxygen atoms in total. The number of rotatable bonds is 7. The summed E-state index contributed by atoms with van der Waals surface area (Å²) >= 11 is 0. The molecule has 0 aliphatic heterocycles. The molecule has 112 valence electrons. The topological polar surface area (TPSA) is 52.3 Å². The second-order valence-corrected chi connectivity index (χ2v) is 4.84. The van der Waals surface area contributed by atoms with Crippen LogP contribution in [0.4, 0.5) is 8.78 Å². The van der Waals surface area contributed by atoms with Gasteiger partial charge < -0.3 is 10.5 Å². The average molecular weight is 285 g/mol. The highest BCUT2D eigenvalue weighted by Crippen LogP contribution is 2.31. The van der Waals surface area contributed by atoms with Crippen LogP contribution >= 0.6 is 0 Å². The van der Waals surface area contributed by atoms with Gasteiger partial charge in [0.25, 0.3) is 0 Å². The smallest absolute Gasteiger partial charge is 0.313 e. The minimum Gasteiger partial charge on any atom is -0.466 e. The number of nitrogens with two attached hydrogens (primary N) is 1. The van der Waals surface area contributed by atoms with Crippen LogP contribution in [0.15, 0.2) is 18.2 Å². The molecule has 0 saturated carbocycles. The Kier molecular flexibility index (Phi) is 6.07. The van der Waals surface area contributed by atoms with Crippen molar-refractivity contribution in [1.82, 2.24) is 0 Å². The fourth-order valence-electron chi connectivity index (χ4n) is 2.33.